The molecule has 1 heterocycles. The first-order valence-corrected chi connectivity index (χ1v) is 9.74. The third-order valence-electron chi connectivity index (χ3n) is 7.14. The molecule has 1 aromatic rings. The smallest absolute Gasteiger partial charge is 0.115 e. The number of piperidine rings is 1. The predicted octanol–water partition coefficient (Wildman–Crippen LogP) is 4.64. The van der Waals surface area contributed by atoms with Crippen molar-refractivity contribution in [2.45, 2.75) is 82.7 Å². The maximum atomic E-state index is 10.1. The molecule has 1 N–H and O–H groups in total. The molecule has 1 unspecified atom stereocenters. The molecule has 0 spiro atoms. The summed E-state index contributed by atoms with van der Waals surface area (Å²) in [6, 6.07) is 7.65. The normalized spacial score (nSPS) is 34.5. The van der Waals surface area contributed by atoms with Crippen LogP contribution in [0.25, 0.3) is 0 Å². The van der Waals surface area contributed by atoms with Gasteiger partial charge in [-0.1, -0.05) is 32.3 Å². The van der Waals surface area contributed by atoms with E-state index >= 15 is 0 Å². The Bertz CT molecular complexity index is 583. The third-order valence-corrected chi connectivity index (χ3v) is 7.14. The van der Waals surface area contributed by atoms with E-state index in [0.717, 1.165) is 12.0 Å². The minimum atomic E-state index is 0.359. The Hall–Kier alpha value is -1.02. The lowest BCUT2D eigenvalue weighted by molar-refractivity contribution is -0.0317. The summed E-state index contributed by atoms with van der Waals surface area (Å²) >= 11 is 0. The quantitative estimate of drug-likeness (QED) is 0.879. The lowest BCUT2D eigenvalue weighted by Crippen LogP contribution is -2.62. The van der Waals surface area contributed by atoms with Gasteiger partial charge in [-0.05, 0) is 74.8 Å². The molecule has 126 valence electrons. The second-order valence-electron chi connectivity index (χ2n) is 8.25. The van der Waals surface area contributed by atoms with Gasteiger partial charge in [-0.25, -0.2) is 0 Å². The Morgan fingerprint density at radius 2 is 2.17 bits per heavy atom. The van der Waals surface area contributed by atoms with Gasteiger partial charge in [0.1, 0.15) is 5.75 Å². The minimum Gasteiger partial charge on any atom is -0.508 e. The fraction of sp³-hybridized carbons (Fsp3) is 0.714. The van der Waals surface area contributed by atoms with Crippen LogP contribution in [0.15, 0.2) is 18.2 Å². The predicted molar refractivity (Wildman–Crippen MR) is 94.9 cm³/mol. The van der Waals surface area contributed by atoms with Crippen molar-refractivity contribution in [1.82, 2.24) is 4.90 Å². The van der Waals surface area contributed by atoms with Crippen molar-refractivity contribution in [3.05, 3.63) is 29.3 Å². The highest BCUT2D eigenvalue weighted by molar-refractivity contribution is 5.45. The molecular formula is C21H31NO. The molecule has 1 aromatic carbocycles. The highest BCUT2D eigenvalue weighted by Crippen LogP contribution is 2.56. The van der Waals surface area contributed by atoms with Crippen LogP contribution in [0.3, 0.4) is 0 Å². The lowest BCUT2D eigenvalue weighted by Gasteiger charge is -2.60. The van der Waals surface area contributed by atoms with Crippen molar-refractivity contribution >= 4 is 0 Å². The first-order chi connectivity index (χ1) is 11.2. The zero-order valence-corrected chi connectivity index (χ0v) is 14.7. The van der Waals surface area contributed by atoms with Crippen molar-refractivity contribution in [3.8, 4) is 5.75 Å². The van der Waals surface area contributed by atoms with E-state index in [0.29, 0.717) is 17.2 Å². The standard InChI is InChI=1S/C21H31NO/c1-3-6-15(2)22-12-11-21-10-5-4-7-18(21)20(22)13-16-8-9-17(23)14-19(16)21/h8-9,14-15,18,20,23H,3-7,10-13H2,1-2H3/t15-,18?,20-,21-/m1/s1. The molecule has 2 nitrogen and oxygen atoms in total. The van der Waals surface area contributed by atoms with E-state index in [2.05, 4.69) is 30.9 Å². The van der Waals surface area contributed by atoms with Gasteiger partial charge in [-0.3, -0.25) is 4.90 Å². The summed E-state index contributed by atoms with van der Waals surface area (Å²) in [4.78, 5) is 2.84. The maximum absolute atomic E-state index is 10.1. The molecule has 1 aliphatic heterocycles. The first kappa shape index (κ1) is 15.5. The zero-order valence-electron chi connectivity index (χ0n) is 14.7. The summed E-state index contributed by atoms with van der Waals surface area (Å²) in [5.74, 6) is 1.27. The molecule has 4 atom stereocenters. The van der Waals surface area contributed by atoms with Crippen LogP contribution in [-0.4, -0.2) is 28.6 Å². The van der Waals surface area contributed by atoms with Crippen LogP contribution in [-0.2, 0) is 11.8 Å². The van der Waals surface area contributed by atoms with Gasteiger partial charge >= 0.3 is 0 Å². The Morgan fingerprint density at radius 3 is 3.00 bits per heavy atom. The average molecular weight is 313 g/mol. The first-order valence-electron chi connectivity index (χ1n) is 9.74. The van der Waals surface area contributed by atoms with Gasteiger partial charge in [0.25, 0.3) is 0 Å². The van der Waals surface area contributed by atoms with Crippen molar-refractivity contribution in [2.75, 3.05) is 6.54 Å². The van der Waals surface area contributed by atoms with Gasteiger partial charge in [0.2, 0.25) is 0 Å². The summed E-state index contributed by atoms with van der Waals surface area (Å²) in [5, 5.41) is 10.1. The summed E-state index contributed by atoms with van der Waals surface area (Å²) in [5.41, 5.74) is 3.37. The molecular weight excluding hydrogens is 282 g/mol. The Balaban J connectivity index is 1.76. The average Bonchev–Trinajstić information content (AvgIpc) is 2.56. The molecule has 23 heavy (non-hydrogen) atoms. The van der Waals surface area contributed by atoms with E-state index < -0.39 is 0 Å². The topological polar surface area (TPSA) is 23.5 Å². The largest absolute Gasteiger partial charge is 0.508 e. The zero-order chi connectivity index (χ0) is 16.0. The molecule has 0 amide bonds. The third kappa shape index (κ3) is 2.33. The maximum Gasteiger partial charge on any atom is 0.115 e. The molecule has 2 fully saturated rings. The van der Waals surface area contributed by atoms with Crippen molar-refractivity contribution in [1.29, 1.82) is 0 Å². The van der Waals surface area contributed by atoms with Crippen LogP contribution in [0.4, 0.5) is 0 Å². The van der Waals surface area contributed by atoms with Gasteiger partial charge in [0.15, 0.2) is 0 Å². The van der Waals surface area contributed by atoms with E-state index in [9.17, 15) is 5.11 Å². The second kappa shape index (κ2) is 5.81. The molecule has 0 radical (unpaired) electrons. The van der Waals surface area contributed by atoms with Crippen LogP contribution in [0.1, 0.15) is 69.9 Å². The number of rotatable bonds is 3. The van der Waals surface area contributed by atoms with E-state index in [1.165, 1.54) is 69.0 Å². The number of aromatic hydroxyl groups is 1. The minimum absolute atomic E-state index is 0.359. The molecule has 1 saturated heterocycles. The summed E-state index contributed by atoms with van der Waals surface area (Å²) in [6.45, 7) is 5.99. The number of phenols is 1. The lowest BCUT2D eigenvalue weighted by atomic mass is 9.52. The van der Waals surface area contributed by atoms with Crippen LogP contribution in [0, 0.1) is 5.92 Å². The van der Waals surface area contributed by atoms with Crippen LogP contribution < -0.4 is 0 Å². The molecule has 2 aliphatic carbocycles. The van der Waals surface area contributed by atoms with E-state index in [1.807, 2.05) is 6.07 Å². The van der Waals surface area contributed by atoms with E-state index in [4.69, 9.17) is 0 Å². The van der Waals surface area contributed by atoms with Gasteiger partial charge in [0.05, 0.1) is 0 Å². The summed E-state index contributed by atoms with van der Waals surface area (Å²) in [6.07, 6.45) is 10.6. The van der Waals surface area contributed by atoms with Crippen LogP contribution >= 0.6 is 0 Å². The molecule has 3 aliphatic rings. The highest BCUT2D eigenvalue weighted by atomic mass is 16.3. The number of benzene rings is 1. The summed E-state index contributed by atoms with van der Waals surface area (Å²) in [7, 11) is 0. The highest BCUT2D eigenvalue weighted by Gasteiger charge is 2.54. The van der Waals surface area contributed by atoms with Crippen molar-refractivity contribution < 1.29 is 5.11 Å². The molecule has 2 bridgehead atoms. The van der Waals surface area contributed by atoms with E-state index in [1.54, 1.807) is 0 Å². The SMILES string of the molecule is CCC[C@@H](C)N1CC[C@]23CCCCC2[C@H]1Cc1ccc(O)cc13. The monoisotopic (exact) mass is 313 g/mol. The van der Waals surface area contributed by atoms with Gasteiger partial charge in [0, 0.05) is 17.5 Å². The number of nitrogens with zero attached hydrogens (tertiary/aromatic N) is 1. The van der Waals surface area contributed by atoms with Crippen LogP contribution in [0.2, 0.25) is 0 Å². The van der Waals surface area contributed by atoms with Crippen LogP contribution in [0.5, 0.6) is 5.75 Å². The Morgan fingerprint density at radius 1 is 1.30 bits per heavy atom. The van der Waals surface area contributed by atoms with Crippen molar-refractivity contribution in [2.24, 2.45) is 5.92 Å². The number of hydrogen-bond donors (Lipinski definition) is 1. The Kier molecular flexibility index (Phi) is 3.91. The molecule has 4 rings (SSSR count). The van der Waals surface area contributed by atoms with E-state index in [-0.39, 0.29) is 0 Å². The number of phenolic OH excluding ortho intramolecular Hbond substituents is 1. The second-order valence-corrected chi connectivity index (χ2v) is 8.25. The Labute approximate surface area is 140 Å². The molecule has 2 heteroatoms. The van der Waals surface area contributed by atoms with Crippen molar-refractivity contribution in [3.63, 3.8) is 0 Å². The number of hydrogen-bond acceptors (Lipinski definition) is 2. The van der Waals surface area contributed by atoms with Gasteiger partial charge < -0.3 is 5.11 Å². The molecule has 1 saturated carbocycles. The number of likely N-dealkylation sites (tertiary alicyclic amines) is 1. The summed E-state index contributed by atoms with van der Waals surface area (Å²) < 4.78 is 0. The van der Waals surface area contributed by atoms with Gasteiger partial charge in [-0.15, -0.1) is 0 Å². The number of fused-ring (bicyclic) bond motifs is 1. The fourth-order valence-electron chi connectivity index (χ4n) is 6.15. The molecule has 0 aromatic heterocycles. The van der Waals surface area contributed by atoms with Gasteiger partial charge in [-0.2, -0.15) is 0 Å². The fourth-order valence-corrected chi connectivity index (χ4v) is 6.15.